The summed E-state index contributed by atoms with van der Waals surface area (Å²) in [5.41, 5.74) is -0.595. The fraction of sp³-hybridized carbons (Fsp3) is 0. The second-order valence-electron chi connectivity index (χ2n) is 2.09. The van der Waals surface area contributed by atoms with Crippen LogP contribution in [-0.2, 0) is 4.74 Å². The molecule has 0 unspecified atom stereocenters. The van der Waals surface area contributed by atoms with Crippen molar-refractivity contribution in [1.29, 1.82) is 0 Å². The van der Waals surface area contributed by atoms with Crippen molar-refractivity contribution in [3.05, 3.63) is 38.9 Å². The Bertz CT molecular complexity index is 426. The number of ether oxygens (including phenoxy) is 1. The molecule has 0 radical (unpaired) electrons. The summed E-state index contributed by atoms with van der Waals surface area (Å²) < 4.78 is 4.66. The third kappa shape index (κ3) is 0.958. The molecule has 1 aliphatic rings. The summed E-state index contributed by atoms with van der Waals surface area (Å²) in [6.07, 6.45) is 2.75. The first-order chi connectivity index (χ1) is 5.27. The predicted molar refractivity (Wildman–Crippen MR) is 36.7 cm³/mol. The third-order valence-corrected chi connectivity index (χ3v) is 1.32. The van der Waals surface area contributed by atoms with E-state index in [1.165, 1.54) is 12.5 Å². The van der Waals surface area contributed by atoms with Gasteiger partial charge in [-0.1, -0.05) is 0 Å². The first-order valence-electron chi connectivity index (χ1n) is 2.96. The molecule has 56 valence electrons. The topological polar surface area (TPSA) is 78.2 Å². The van der Waals surface area contributed by atoms with E-state index in [0.717, 1.165) is 0 Å². The summed E-state index contributed by atoms with van der Waals surface area (Å²) >= 11 is 0. The van der Waals surface area contributed by atoms with E-state index in [1.54, 1.807) is 0 Å². The van der Waals surface area contributed by atoms with Crippen molar-refractivity contribution >= 4 is 5.76 Å². The minimum atomic E-state index is -0.514. The lowest BCUT2D eigenvalue weighted by Gasteiger charge is -1.87. The van der Waals surface area contributed by atoms with Crippen molar-refractivity contribution in [3.63, 3.8) is 0 Å². The maximum absolute atomic E-state index is 10.9. The molecular weight excluding hydrogens is 148 g/mol. The highest BCUT2D eigenvalue weighted by Crippen LogP contribution is 2.22. The monoisotopic (exact) mass is 152 g/mol. The number of hydrogen-bond acceptors (Lipinski definition) is 3. The van der Waals surface area contributed by atoms with Crippen LogP contribution in [0.4, 0.5) is 0 Å². The number of aromatic nitrogens is 2. The standard InChI is InChI=1S/C6H4N2O3/c9-5-3(4-2-11-4)1-7-6(10)8-5/h1-2H,(H2,7,8,9,10). The van der Waals surface area contributed by atoms with Gasteiger partial charge < -0.3 is 9.72 Å². The molecule has 0 saturated heterocycles. The van der Waals surface area contributed by atoms with Crippen LogP contribution in [0.1, 0.15) is 5.56 Å². The quantitative estimate of drug-likeness (QED) is 0.563. The van der Waals surface area contributed by atoms with Crippen LogP contribution in [0, 0.1) is 0 Å². The van der Waals surface area contributed by atoms with Gasteiger partial charge in [-0.25, -0.2) is 4.79 Å². The van der Waals surface area contributed by atoms with Crippen molar-refractivity contribution in [2.75, 3.05) is 0 Å². The molecular formula is C6H4N2O3. The summed E-state index contributed by atoms with van der Waals surface area (Å²) in [5.74, 6) is 0.502. The van der Waals surface area contributed by atoms with Gasteiger partial charge in [0.2, 0.25) is 0 Å². The van der Waals surface area contributed by atoms with Crippen molar-refractivity contribution in [2.24, 2.45) is 0 Å². The first kappa shape index (κ1) is 5.96. The van der Waals surface area contributed by atoms with Gasteiger partial charge in [-0.2, -0.15) is 0 Å². The molecule has 0 amide bonds. The number of rotatable bonds is 1. The molecule has 2 N–H and O–H groups in total. The van der Waals surface area contributed by atoms with Crippen LogP contribution in [0.3, 0.4) is 0 Å². The molecule has 1 aromatic heterocycles. The Kier molecular flexibility index (Phi) is 1.00. The molecule has 0 fully saturated rings. The first-order valence-corrected chi connectivity index (χ1v) is 2.96. The lowest BCUT2D eigenvalue weighted by atomic mass is 10.3. The summed E-state index contributed by atoms with van der Waals surface area (Å²) in [6, 6.07) is 0. The summed E-state index contributed by atoms with van der Waals surface area (Å²) in [4.78, 5) is 25.8. The van der Waals surface area contributed by atoms with Gasteiger partial charge in [0.05, 0.1) is 0 Å². The largest absolute Gasteiger partial charge is 0.457 e. The maximum atomic E-state index is 10.9. The second-order valence-corrected chi connectivity index (χ2v) is 2.09. The SMILES string of the molecule is O=c1[nH]cc(C2=CO2)c(=O)[nH]1. The zero-order valence-electron chi connectivity index (χ0n) is 5.38. The van der Waals surface area contributed by atoms with Gasteiger partial charge in [0, 0.05) is 6.20 Å². The van der Waals surface area contributed by atoms with Gasteiger partial charge in [-0.15, -0.1) is 0 Å². The molecule has 0 aliphatic carbocycles. The van der Waals surface area contributed by atoms with E-state index in [4.69, 9.17) is 0 Å². The molecule has 0 bridgehead atoms. The second kappa shape index (κ2) is 1.85. The highest BCUT2D eigenvalue weighted by atomic mass is 16.5. The highest BCUT2D eigenvalue weighted by Gasteiger charge is 2.16. The fourth-order valence-electron chi connectivity index (χ4n) is 0.749. The van der Waals surface area contributed by atoms with Gasteiger partial charge in [-0.3, -0.25) is 9.78 Å². The number of nitrogens with one attached hydrogen (secondary N) is 2. The van der Waals surface area contributed by atoms with E-state index in [9.17, 15) is 9.59 Å². The number of aromatic amines is 2. The molecule has 5 nitrogen and oxygen atoms in total. The molecule has 5 heteroatoms. The molecule has 0 atom stereocenters. The van der Waals surface area contributed by atoms with E-state index >= 15 is 0 Å². The third-order valence-electron chi connectivity index (χ3n) is 1.32. The molecule has 2 rings (SSSR count). The number of H-pyrrole nitrogens is 2. The average molecular weight is 152 g/mol. The minimum absolute atomic E-state index is 0.351. The fourth-order valence-corrected chi connectivity index (χ4v) is 0.749. The smallest absolute Gasteiger partial charge is 0.325 e. The van der Waals surface area contributed by atoms with Crippen molar-refractivity contribution in [1.82, 2.24) is 9.97 Å². The molecule has 0 aromatic carbocycles. The van der Waals surface area contributed by atoms with Gasteiger partial charge >= 0.3 is 5.69 Å². The predicted octanol–water partition coefficient (Wildman–Crippen LogP) is -0.608. The zero-order valence-corrected chi connectivity index (χ0v) is 5.38. The Morgan fingerprint density at radius 1 is 1.36 bits per heavy atom. The maximum Gasteiger partial charge on any atom is 0.325 e. The van der Waals surface area contributed by atoms with Crippen LogP contribution >= 0.6 is 0 Å². The molecule has 11 heavy (non-hydrogen) atoms. The highest BCUT2D eigenvalue weighted by molar-refractivity contribution is 5.65. The van der Waals surface area contributed by atoms with E-state index in [-0.39, 0.29) is 0 Å². The molecule has 1 aromatic rings. The summed E-state index contributed by atoms with van der Waals surface area (Å²) in [7, 11) is 0. The Balaban J connectivity index is 2.66. The van der Waals surface area contributed by atoms with E-state index in [2.05, 4.69) is 14.7 Å². The minimum Gasteiger partial charge on any atom is -0.457 e. The Morgan fingerprint density at radius 3 is 2.64 bits per heavy atom. The van der Waals surface area contributed by atoms with Crippen molar-refractivity contribution in [3.8, 4) is 0 Å². The summed E-state index contributed by atoms with van der Waals surface area (Å²) in [6.45, 7) is 0. The summed E-state index contributed by atoms with van der Waals surface area (Å²) in [5, 5.41) is 0. The zero-order chi connectivity index (χ0) is 7.84. The molecule has 0 spiro atoms. The van der Waals surface area contributed by atoms with Crippen LogP contribution in [0.2, 0.25) is 0 Å². The van der Waals surface area contributed by atoms with E-state index < -0.39 is 11.2 Å². The Hall–Kier alpha value is -1.78. The van der Waals surface area contributed by atoms with Crippen LogP contribution < -0.4 is 11.2 Å². The Labute approximate surface area is 60.3 Å². The number of hydrogen-bond donors (Lipinski definition) is 2. The van der Waals surface area contributed by atoms with Gasteiger partial charge in [0.1, 0.15) is 11.8 Å². The van der Waals surface area contributed by atoms with Crippen LogP contribution in [-0.4, -0.2) is 9.97 Å². The van der Waals surface area contributed by atoms with Crippen LogP contribution in [0.5, 0.6) is 0 Å². The van der Waals surface area contributed by atoms with Crippen molar-refractivity contribution < 1.29 is 4.74 Å². The van der Waals surface area contributed by atoms with Gasteiger partial charge in [0.25, 0.3) is 5.56 Å². The lowest BCUT2D eigenvalue weighted by Crippen LogP contribution is -2.23. The molecule has 2 heterocycles. The van der Waals surface area contributed by atoms with E-state index in [0.29, 0.717) is 11.3 Å². The van der Waals surface area contributed by atoms with Crippen LogP contribution in [0.25, 0.3) is 5.76 Å². The normalized spacial score (nSPS) is 13.6. The molecule has 0 saturated carbocycles. The lowest BCUT2D eigenvalue weighted by molar-refractivity contribution is 0.562. The van der Waals surface area contributed by atoms with E-state index in [1.807, 2.05) is 0 Å². The van der Waals surface area contributed by atoms with Crippen LogP contribution in [0.15, 0.2) is 22.0 Å². The van der Waals surface area contributed by atoms with Gasteiger partial charge in [-0.05, 0) is 0 Å². The average Bonchev–Trinajstić information content (AvgIpc) is 2.70. The van der Waals surface area contributed by atoms with Crippen molar-refractivity contribution in [2.45, 2.75) is 0 Å². The Morgan fingerprint density at radius 2 is 2.09 bits per heavy atom. The molecule has 1 aliphatic heterocycles. The van der Waals surface area contributed by atoms with Gasteiger partial charge in [0.15, 0.2) is 5.76 Å².